The van der Waals surface area contributed by atoms with E-state index in [0.29, 0.717) is 36.8 Å². The first-order valence-electron chi connectivity index (χ1n) is 7.07. The molecule has 0 radical (unpaired) electrons. The first-order valence-corrected chi connectivity index (χ1v) is 7.45. The highest BCUT2D eigenvalue weighted by atomic mass is 35.5. The average Bonchev–Trinajstić information content (AvgIpc) is 2.99. The second-order valence-corrected chi connectivity index (χ2v) is 5.79. The van der Waals surface area contributed by atoms with E-state index in [4.69, 9.17) is 11.6 Å². The van der Waals surface area contributed by atoms with Crippen LogP contribution in [0.3, 0.4) is 0 Å². The maximum Gasteiger partial charge on any atom is 0.256 e. The lowest BCUT2D eigenvalue weighted by Crippen LogP contribution is -2.39. The van der Waals surface area contributed by atoms with Gasteiger partial charge in [-0.05, 0) is 18.1 Å². The lowest BCUT2D eigenvalue weighted by molar-refractivity contribution is -0.119. The van der Waals surface area contributed by atoms with Crippen LogP contribution in [-0.4, -0.2) is 47.4 Å². The van der Waals surface area contributed by atoms with Gasteiger partial charge < -0.3 is 15.5 Å². The van der Waals surface area contributed by atoms with Crippen molar-refractivity contribution in [3.05, 3.63) is 28.5 Å². The van der Waals surface area contributed by atoms with Crippen molar-refractivity contribution in [1.29, 1.82) is 0 Å². The molecule has 1 atom stereocenters. The number of pyridine rings is 1. The van der Waals surface area contributed by atoms with E-state index in [9.17, 15) is 9.59 Å². The molecule has 0 spiro atoms. The van der Waals surface area contributed by atoms with E-state index >= 15 is 0 Å². The van der Waals surface area contributed by atoms with Crippen molar-refractivity contribution < 1.29 is 9.59 Å². The van der Waals surface area contributed by atoms with Gasteiger partial charge >= 0.3 is 0 Å². The molecule has 1 fully saturated rings. The van der Waals surface area contributed by atoms with E-state index in [1.807, 2.05) is 0 Å². The quantitative estimate of drug-likeness (QED) is 0.616. The minimum atomic E-state index is 0.00476. The summed E-state index contributed by atoms with van der Waals surface area (Å²) in [5, 5.41) is 6.61. The number of carbonyl (C=O) groups excluding carboxylic acids is 2. The summed E-state index contributed by atoms with van der Waals surface area (Å²) in [7, 11) is 0. The largest absolute Gasteiger partial charge is 0.352 e. The molecule has 1 aromatic heterocycles. The number of nitrogens with one attached hydrogen (secondary N) is 2. The molecule has 6 nitrogen and oxygen atoms in total. The Labute approximate surface area is 127 Å². The van der Waals surface area contributed by atoms with Crippen LogP contribution in [-0.2, 0) is 11.3 Å². The fraction of sp³-hybridized carbons (Fsp3) is 0.500. The van der Waals surface area contributed by atoms with Crippen LogP contribution in [0.4, 0.5) is 0 Å². The van der Waals surface area contributed by atoms with Crippen LogP contribution in [0.1, 0.15) is 28.8 Å². The van der Waals surface area contributed by atoms with E-state index in [2.05, 4.69) is 15.6 Å². The summed E-state index contributed by atoms with van der Waals surface area (Å²) in [6.45, 7) is 2.66. The molecule has 2 aliphatic heterocycles. The number of hydrogen-bond donors (Lipinski definition) is 2. The molecule has 2 amide bonds. The summed E-state index contributed by atoms with van der Waals surface area (Å²) >= 11 is 5.84. The van der Waals surface area contributed by atoms with E-state index < -0.39 is 0 Å². The van der Waals surface area contributed by atoms with Crippen LogP contribution >= 0.6 is 11.6 Å². The third-order valence-electron chi connectivity index (χ3n) is 3.87. The van der Waals surface area contributed by atoms with Gasteiger partial charge in [0.2, 0.25) is 5.91 Å². The molecule has 112 valence electrons. The van der Waals surface area contributed by atoms with Crippen LogP contribution in [0.25, 0.3) is 0 Å². The minimum Gasteiger partial charge on any atom is -0.352 e. The molecular formula is C14H17ClN4O2. The number of nitrogens with zero attached hydrogens (tertiary/aromatic N) is 2. The summed E-state index contributed by atoms with van der Waals surface area (Å²) in [6, 6.07) is 1.96. The molecule has 1 unspecified atom stereocenters. The zero-order valence-corrected chi connectivity index (χ0v) is 12.3. The monoisotopic (exact) mass is 308 g/mol. The van der Waals surface area contributed by atoms with Crippen LogP contribution in [0.2, 0.25) is 5.15 Å². The Morgan fingerprint density at radius 3 is 3.10 bits per heavy atom. The number of fused-ring (bicyclic) bond motifs is 1. The predicted molar refractivity (Wildman–Crippen MR) is 78.0 cm³/mol. The number of rotatable bonds is 5. The van der Waals surface area contributed by atoms with Gasteiger partial charge in [0, 0.05) is 44.8 Å². The van der Waals surface area contributed by atoms with Crippen molar-refractivity contribution in [3.8, 4) is 0 Å². The van der Waals surface area contributed by atoms with Gasteiger partial charge in [-0.2, -0.15) is 0 Å². The van der Waals surface area contributed by atoms with E-state index in [1.165, 1.54) is 0 Å². The Morgan fingerprint density at radius 2 is 2.33 bits per heavy atom. The van der Waals surface area contributed by atoms with Crippen molar-refractivity contribution in [2.75, 3.05) is 19.6 Å². The molecule has 1 saturated heterocycles. The van der Waals surface area contributed by atoms with Crippen molar-refractivity contribution in [1.82, 2.24) is 20.5 Å². The summed E-state index contributed by atoms with van der Waals surface area (Å²) in [5.41, 5.74) is 1.57. The van der Waals surface area contributed by atoms with Gasteiger partial charge in [-0.1, -0.05) is 11.6 Å². The molecule has 3 rings (SSSR count). The van der Waals surface area contributed by atoms with Crippen molar-refractivity contribution >= 4 is 23.4 Å². The lowest BCUT2D eigenvalue weighted by atomic mass is 10.2. The highest BCUT2D eigenvalue weighted by molar-refractivity contribution is 6.29. The Bertz CT molecular complexity index is 578. The topological polar surface area (TPSA) is 74.3 Å². The maximum absolute atomic E-state index is 12.2. The zero-order valence-electron chi connectivity index (χ0n) is 11.6. The molecular weight excluding hydrogens is 292 g/mol. The number of aromatic nitrogens is 1. The zero-order chi connectivity index (χ0) is 14.8. The number of amides is 2. The van der Waals surface area contributed by atoms with Crippen LogP contribution in [0.5, 0.6) is 0 Å². The van der Waals surface area contributed by atoms with E-state index in [-0.39, 0.29) is 17.9 Å². The fourth-order valence-corrected chi connectivity index (χ4v) is 2.92. The van der Waals surface area contributed by atoms with Crippen molar-refractivity contribution in [3.63, 3.8) is 0 Å². The molecule has 0 saturated carbocycles. The SMILES string of the molecule is O=C1CCC(CNCCN2Cc3cc(Cl)ncc3C2=O)N1. The standard InChI is InChI=1S/C14H17ClN4O2/c15-12-5-9-8-19(14(21)11(9)7-17-12)4-3-16-6-10-1-2-13(20)18-10/h5,7,10,16H,1-4,6,8H2,(H,18,20). The van der Waals surface area contributed by atoms with Crippen LogP contribution in [0, 0.1) is 0 Å². The van der Waals surface area contributed by atoms with Gasteiger partial charge in [-0.25, -0.2) is 4.98 Å². The number of hydrogen-bond acceptors (Lipinski definition) is 4. The Balaban J connectivity index is 1.45. The van der Waals surface area contributed by atoms with E-state index in [1.54, 1.807) is 17.2 Å². The van der Waals surface area contributed by atoms with Gasteiger partial charge in [0.25, 0.3) is 5.91 Å². The molecule has 2 N–H and O–H groups in total. The van der Waals surface area contributed by atoms with Crippen LogP contribution in [0.15, 0.2) is 12.3 Å². The second-order valence-electron chi connectivity index (χ2n) is 5.40. The highest BCUT2D eigenvalue weighted by Gasteiger charge is 2.27. The van der Waals surface area contributed by atoms with Gasteiger partial charge in [0.05, 0.1) is 5.56 Å². The Kier molecular flexibility index (Phi) is 4.07. The van der Waals surface area contributed by atoms with Gasteiger partial charge in [0.1, 0.15) is 5.15 Å². The van der Waals surface area contributed by atoms with Gasteiger partial charge in [-0.15, -0.1) is 0 Å². The third kappa shape index (κ3) is 3.16. The normalized spacial score (nSPS) is 20.8. The molecule has 0 aromatic carbocycles. The smallest absolute Gasteiger partial charge is 0.256 e. The Morgan fingerprint density at radius 1 is 1.48 bits per heavy atom. The molecule has 0 aliphatic carbocycles. The Hall–Kier alpha value is -1.66. The molecule has 2 aliphatic rings. The average molecular weight is 309 g/mol. The number of carbonyl (C=O) groups is 2. The summed E-state index contributed by atoms with van der Waals surface area (Å²) in [6.07, 6.45) is 3.03. The molecule has 21 heavy (non-hydrogen) atoms. The molecule has 7 heteroatoms. The minimum absolute atomic E-state index is 0.00476. The summed E-state index contributed by atoms with van der Waals surface area (Å²) in [4.78, 5) is 29.0. The molecule has 1 aromatic rings. The van der Waals surface area contributed by atoms with Crippen molar-refractivity contribution in [2.24, 2.45) is 0 Å². The fourth-order valence-electron chi connectivity index (χ4n) is 2.74. The first kappa shape index (κ1) is 14.3. The first-order chi connectivity index (χ1) is 10.1. The summed E-state index contributed by atoms with van der Waals surface area (Å²) in [5.74, 6) is 0.126. The van der Waals surface area contributed by atoms with E-state index in [0.717, 1.165) is 18.5 Å². The van der Waals surface area contributed by atoms with Crippen LogP contribution < -0.4 is 10.6 Å². The van der Waals surface area contributed by atoms with Gasteiger partial charge in [0.15, 0.2) is 0 Å². The van der Waals surface area contributed by atoms with Crippen molar-refractivity contribution in [2.45, 2.75) is 25.4 Å². The summed E-state index contributed by atoms with van der Waals surface area (Å²) < 4.78 is 0. The molecule has 0 bridgehead atoms. The second kappa shape index (κ2) is 5.99. The number of halogens is 1. The third-order valence-corrected chi connectivity index (χ3v) is 4.08. The molecule has 3 heterocycles. The van der Waals surface area contributed by atoms with Gasteiger partial charge in [-0.3, -0.25) is 9.59 Å². The lowest BCUT2D eigenvalue weighted by Gasteiger charge is -2.17. The predicted octanol–water partition coefficient (Wildman–Crippen LogP) is 0.559. The highest BCUT2D eigenvalue weighted by Crippen LogP contribution is 2.23. The maximum atomic E-state index is 12.2.